The van der Waals surface area contributed by atoms with Gasteiger partial charge in [-0.3, -0.25) is 13.9 Å². The molecule has 2 aromatic rings. The van der Waals surface area contributed by atoms with Crippen LogP contribution < -0.4 is 9.62 Å². The highest BCUT2D eigenvalue weighted by atomic mass is 32.2. The quantitative estimate of drug-likeness (QED) is 0.573. The fourth-order valence-electron chi connectivity index (χ4n) is 3.70. The van der Waals surface area contributed by atoms with Crippen LogP contribution in [0.15, 0.2) is 48.5 Å². The van der Waals surface area contributed by atoms with Gasteiger partial charge >= 0.3 is 0 Å². The van der Waals surface area contributed by atoms with Crippen molar-refractivity contribution in [2.75, 3.05) is 24.2 Å². The number of benzene rings is 2. The molecule has 0 aliphatic carbocycles. The van der Waals surface area contributed by atoms with Gasteiger partial charge in [0.1, 0.15) is 12.6 Å². The van der Waals surface area contributed by atoms with E-state index in [2.05, 4.69) is 19.2 Å². The third kappa shape index (κ3) is 6.81. The van der Waals surface area contributed by atoms with Crippen LogP contribution in [0.3, 0.4) is 0 Å². The minimum atomic E-state index is -3.73. The number of likely N-dealkylation sites (N-methyl/N-ethyl adjacent to an activating group) is 1. The first-order chi connectivity index (χ1) is 15.5. The minimum Gasteiger partial charge on any atom is -0.357 e. The summed E-state index contributed by atoms with van der Waals surface area (Å²) in [5.41, 5.74) is 3.39. The van der Waals surface area contributed by atoms with Gasteiger partial charge in [-0.15, -0.1) is 0 Å². The van der Waals surface area contributed by atoms with Crippen molar-refractivity contribution in [1.29, 1.82) is 0 Å². The van der Waals surface area contributed by atoms with Crippen molar-refractivity contribution < 1.29 is 18.0 Å². The number of hydrogen-bond donors (Lipinski definition) is 1. The summed E-state index contributed by atoms with van der Waals surface area (Å²) < 4.78 is 26.4. The van der Waals surface area contributed by atoms with E-state index in [1.54, 1.807) is 12.1 Å². The molecule has 0 bridgehead atoms. The monoisotopic (exact) mass is 473 g/mol. The second kappa shape index (κ2) is 11.3. The summed E-state index contributed by atoms with van der Waals surface area (Å²) in [5.74, 6) is -0.423. The molecule has 7 nitrogen and oxygen atoms in total. The van der Waals surface area contributed by atoms with Crippen molar-refractivity contribution in [3.05, 3.63) is 65.2 Å². The molecule has 0 saturated heterocycles. The lowest BCUT2D eigenvalue weighted by Crippen LogP contribution is -2.51. The van der Waals surface area contributed by atoms with Crippen LogP contribution in [0.5, 0.6) is 0 Å². The number of carbonyl (C=O) groups is 2. The summed E-state index contributed by atoms with van der Waals surface area (Å²) in [6, 6.07) is 14.1. The van der Waals surface area contributed by atoms with E-state index in [0.29, 0.717) is 18.0 Å². The van der Waals surface area contributed by atoms with E-state index in [1.807, 2.05) is 50.2 Å². The highest BCUT2D eigenvalue weighted by Gasteiger charge is 2.31. The summed E-state index contributed by atoms with van der Waals surface area (Å²) in [6.45, 7) is 7.70. The second-order valence-corrected chi connectivity index (χ2v) is 10.4. The molecule has 1 N–H and O–H groups in total. The molecule has 8 heteroatoms. The van der Waals surface area contributed by atoms with Crippen molar-refractivity contribution in [2.24, 2.45) is 0 Å². The molecule has 1 atom stereocenters. The number of aryl methyl sites for hydroxylation is 1. The zero-order chi connectivity index (χ0) is 24.8. The lowest BCUT2D eigenvalue weighted by molar-refractivity contribution is -0.140. The fraction of sp³-hybridized carbons (Fsp3) is 0.440. The maximum Gasteiger partial charge on any atom is 0.244 e. The van der Waals surface area contributed by atoms with E-state index in [-0.39, 0.29) is 19.0 Å². The van der Waals surface area contributed by atoms with Crippen LogP contribution in [-0.2, 0) is 26.2 Å². The normalized spacial score (nSPS) is 12.3. The van der Waals surface area contributed by atoms with Crippen molar-refractivity contribution in [1.82, 2.24) is 10.2 Å². The van der Waals surface area contributed by atoms with Gasteiger partial charge in [0.2, 0.25) is 21.8 Å². The summed E-state index contributed by atoms with van der Waals surface area (Å²) in [6.07, 6.45) is 1.48. The molecule has 0 aromatic heterocycles. The Morgan fingerprint density at radius 2 is 1.64 bits per heavy atom. The van der Waals surface area contributed by atoms with Gasteiger partial charge in [-0.25, -0.2) is 8.42 Å². The van der Waals surface area contributed by atoms with E-state index >= 15 is 0 Å². The van der Waals surface area contributed by atoms with Crippen molar-refractivity contribution in [3.8, 4) is 0 Å². The molecule has 0 spiro atoms. The molecule has 0 saturated carbocycles. The Labute approximate surface area is 197 Å². The van der Waals surface area contributed by atoms with Gasteiger partial charge in [0.25, 0.3) is 0 Å². The minimum absolute atomic E-state index is 0.210. The van der Waals surface area contributed by atoms with E-state index < -0.39 is 22.0 Å². The average molecular weight is 474 g/mol. The Kier molecular flexibility index (Phi) is 9.05. The van der Waals surface area contributed by atoms with Gasteiger partial charge in [-0.2, -0.15) is 0 Å². The van der Waals surface area contributed by atoms with Crippen LogP contribution in [0.4, 0.5) is 5.69 Å². The number of nitrogens with zero attached hydrogens (tertiary/aromatic N) is 2. The summed E-state index contributed by atoms with van der Waals surface area (Å²) in [5, 5.41) is 2.62. The number of anilines is 1. The number of nitrogens with one attached hydrogen (secondary N) is 1. The molecule has 2 aromatic carbocycles. The average Bonchev–Trinajstić information content (AvgIpc) is 2.77. The molecule has 0 unspecified atom stereocenters. The molecule has 2 rings (SSSR count). The fourth-order valence-corrected chi connectivity index (χ4v) is 4.55. The first-order valence-electron chi connectivity index (χ1n) is 11.1. The number of rotatable bonds is 10. The first-order valence-corrected chi connectivity index (χ1v) is 13.0. The predicted octanol–water partition coefficient (Wildman–Crippen LogP) is 3.44. The highest BCUT2D eigenvalue weighted by molar-refractivity contribution is 7.92. The van der Waals surface area contributed by atoms with Gasteiger partial charge in [0, 0.05) is 13.6 Å². The van der Waals surface area contributed by atoms with Crippen molar-refractivity contribution in [2.45, 2.75) is 52.6 Å². The number of hydrogen-bond acceptors (Lipinski definition) is 4. The molecule has 0 aliphatic heterocycles. The zero-order valence-electron chi connectivity index (χ0n) is 20.3. The van der Waals surface area contributed by atoms with E-state index in [0.717, 1.165) is 27.3 Å². The van der Waals surface area contributed by atoms with Gasteiger partial charge in [0.15, 0.2) is 0 Å². The molecule has 0 radical (unpaired) electrons. The Morgan fingerprint density at radius 1 is 1.03 bits per heavy atom. The lowest BCUT2D eigenvalue weighted by atomic mass is 10.0. The highest BCUT2D eigenvalue weighted by Crippen LogP contribution is 2.23. The van der Waals surface area contributed by atoms with E-state index in [9.17, 15) is 18.0 Å². The topological polar surface area (TPSA) is 86.8 Å². The zero-order valence-corrected chi connectivity index (χ0v) is 21.1. The summed E-state index contributed by atoms with van der Waals surface area (Å²) in [4.78, 5) is 27.6. The number of sulfonamides is 1. The number of carbonyl (C=O) groups excluding carboxylic acids is 2. The third-order valence-corrected chi connectivity index (χ3v) is 6.90. The maximum absolute atomic E-state index is 13.5. The van der Waals surface area contributed by atoms with Gasteiger partial charge in [-0.05, 0) is 48.1 Å². The molecule has 0 heterocycles. The molecule has 180 valence electrons. The Morgan fingerprint density at radius 3 is 2.12 bits per heavy atom. The van der Waals surface area contributed by atoms with Crippen LogP contribution in [0, 0.1) is 6.92 Å². The number of amides is 2. The molecular weight excluding hydrogens is 438 g/mol. The first kappa shape index (κ1) is 26.4. The molecule has 2 amide bonds. The molecule has 33 heavy (non-hydrogen) atoms. The van der Waals surface area contributed by atoms with Crippen LogP contribution >= 0.6 is 0 Å². The van der Waals surface area contributed by atoms with E-state index in [4.69, 9.17) is 0 Å². The summed E-state index contributed by atoms with van der Waals surface area (Å²) in [7, 11) is -2.21. The molecule has 0 fully saturated rings. The maximum atomic E-state index is 13.5. The van der Waals surface area contributed by atoms with Crippen LogP contribution in [0.25, 0.3) is 0 Å². The van der Waals surface area contributed by atoms with Gasteiger partial charge < -0.3 is 10.2 Å². The predicted molar refractivity (Wildman–Crippen MR) is 133 cm³/mol. The van der Waals surface area contributed by atoms with E-state index in [1.165, 1.54) is 11.9 Å². The lowest BCUT2D eigenvalue weighted by Gasteiger charge is -2.33. The molecular formula is C25H35N3O4S. The third-order valence-electron chi connectivity index (χ3n) is 5.76. The van der Waals surface area contributed by atoms with Crippen LogP contribution in [-0.4, -0.2) is 51.0 Å². The Balaban J connectivity index is 2.43. The smallest absolute Gasteiger partial charge is 0.244 e. The van der Waals surface area contributed by atoms with Gasteiger partial charge in [0.05, 0.1) is 11.9 Å². The van der Waals surface area contributed by atoms with Crippen LogP contribution in [0.2, 0.25) is 0 Å². The SMILES string of the molecule is CC[C@@H](C(=O)NC)N(Cc1ccccc1C)C(=O)CN(c1ccc(C(C)C)cc1)S(C)(=O)=O. The summed E-state index contributed by atoms with van der Waals surface area (Å²) >= 11 is 0. The molecule has 0 aliphatic rings. The van der Waals surface area contributed by atoms with Crippen molar-refractivity contribution in [3.63, 3.8) is 0 Å². The van der Waals surface area contributed by atoms with Crippen molar-refractivity contribution >= 4 is 27.5 Å². The van der Waals surface area contributed by atoms with Gasteiger partial charge in [-0.1, -0.05) is 57.2 Å². The standard InChI is InChI=1S/C25H35N3O4S/c1-7-23(25(30)26-5)27(16-21-11-9-8-10-19(21)4)24(29)17-28(33(6,31)32)22-14-12-20(13-15-22)18(2)3/h8-15,18,23H,7,16-17H2,1-6H3,(H,26,30)/t23-/m0/s1. The second-order valence-electron chi connectivity index (χ2n) is 8.50. The Hall–Kier alpha value is -2.87. The largest absolute Gasteiger partial charge is 0.357 e. The van der Waals surface area contributed by atoms with Crippen LogP contribution in [0.1, 0.15) is 49.8 Å². The Bertz CT molecular complexity index is 1070.